The van der Waals surface area contributed by atoms with E-state index in [0.29, 0.717) is 27.8 Å². The molecule has 8 nitrogen and oxygen atoms in total. The lowest BCUT2D eigenvalue weighted by Crippen LogP contribution is -2.15. The highest BCUT2D eigenvalue weighted by atomic mass is 32.1. The van der Waals surface area contributed by atoms with E-state index in [1.807, 2.05) is 30.3 Å². The predicted molar refractivity (Wildman–Crippen MR) is 89.4 cm³/mol. The molecule has 3 aromatic rings. The summed E-state index contributed by atoms with van der Waals surface area (Å²) in [6.45, 7) is 0. The van der Waals surface area contributed by atoms with E-state index in [1.165, 1.54) is 10.8 Å². The summed E-state index contributed by atoms with van der Waals surface area (Å²) >= 11 is 0.318. The van der Waals surface area contributed by atoms with E-state index in [2.05, 4.69) is 9.97 Å². The largest absolute Gasteiger partial charge is 0.358 e. The molecular weight excluding hydrogens is 330 g/mol. The van der Waals surface area contributed by atoms with Gasteiger partial charge in [0.1, 0.15) is 6.20 Å². The SMILES string of the molecule is Cn1c([N+](=O)[O-])cnc1CC(=S=O)c1nccn1-c1ccccc1. The molecule has 0 unspecified atom stereocenters. The number of hydrogen-bond acceptors (Lipinski definition) is 5. The Morgan fingerprint density at radius 2 is 2.04 bits per heavy atom. The summed E-state index contributed by atoms with van der Waals surface area (Å²) in [5.41, 5.74) is 0.877. The standard InChI is InChI=1S/C15H13N5O3S/c1-18-13(17-10-14(18)20(21)22)9-12(24-23)15-16-7-8-19(15)11-5-3-2-4-6-11/h2-8,10H,9H2,1H3. The highest BCUT2D eigenvalue weighted by Gasteiger charge is 2.21. The van der Waals surface area contributed by atoms with Gasteiger partial charge < -0.3 is 10.1 Å². The summed E-state index contributed by atoms with van der Waals surface area (Å²) in [6.07, 6.45) is 4.73. The van der Waals surface area contributed by atoms with E-state index in [1.54, 1.807) is 24.0 Å². The molecular formula is C15H13N5O3S. The van der Waals surface area contributed by atoms with E-state index in [4.69, 9.17) is 0 Å². The van der Waals surface area contributed by atoms with Gasteiger partial charge in [0, 0.05) is 18.1 Å². The summed E-state index contributed by atoms with van der Waals surface area (Å²) in [5, 5.41) is 10.9. The third kappa shape index (κ3) is 2.88. The van der Waals surface area contributed by atoms with Crippen LogP contribution in [0.1, 0.15) is 11.6 Å². The third-order valence-corrected chi connectivity index (χ3v) is 4.12. The van der Waals surface area contributed by atoms with Crippen LogP contribution >= 0.6 is 0 Å². The molecule has 0 atom stereocenters. The van der Waals surface area contributed by atoms with Gasteiger partial charge in [-0.05, 0) is 17.1 Å². The third-order valence-electron chi connectivity index (χ3n) is 3.59. The molecule has 0 bridgehead atoms. The molecule has 1 aromatic carbocycles. The molecule has 3 rings (SSSR count). The normalized spacial score (nSPS) is 10.5. The minimum absolute atomic E-state index is 0.119. The molecule has 0 amide bonds. The van der Waals surface area contributed by atoms with Crippen molar-refractivity contribution in [3.05, 3.63) is 70.7 Å². The van der Waals surface area contributed by atoms with Gasteiger partial charge in [-0.25, -0.2) is 18.7 Å². The lowest BCUT2D eigenvalue weighted by atomic mass is 10.2. The van der Waals surface area contributed by atoms with Crippen molar-refractivity contribution in [3.8, 4) is 5.69 Å². The number of rotatable bonds is 5. The number of nitrogens with zero attached hydrogens (tertiary/aromatic N) is 5. The second kappa shape index (κ2) is 6.59. The van der Waals surface area contributed by atoms with Gasteiger partial charge in [0.15, 0.2) is 5.82 Å². The van der Waals surface area contributed by atoms with Gasteiger partial charge >= 0.3 is 5.82 Å². The van der Waals surface area contributed by atoms with Crippen molar-refractivity contribution < 1.29 is 9.13 Å². The van der Waals surface area contributed by atoms with Gasteiger partial charge in [-0.2, -0.15) is 0 Å². The Morgan fingerprint density at radius 3 is 2.67 bits per heavy atom. The van der Waals surface area contributed by atoms with Crippen LogP contribution in [0.5, 0.6) is 0 Å². The maximum absolute atomic E-state index is 11.6. The van der Waals surface area contributed by atoms with Crippen molar-refractivity contribution in [2.45, 2.75) is 6.42 Å². The van der Waals surface area contributed by atoms with E-state index in [0.717, 1.165) is 5.69 Å². The van der Waals surface area contributed by atoms with Crippen molar-refractivity contribution in [1.29, 1.82) is 0 Å². The molecule has 0 spiro atoms. The molecule has 2 heterocycles. The summed E-state index contributed by atoms with van der Waals surface area (Å²) < 4.78 is 14.8. The Bertz CT molecular complexity index is 941. The average Bonchev–Trinajstić information content (AvgIpc) is 3.20. The Balaban J connectivity index is 1.96. The molecule has 24 heavy (non-hydrogen) atoms. The van der Waals surface area contributed by atoms with Crippen LogP contribution in [0.4, 0.5) is 5.82 Å². The molecule has 0 saturated heterocycles. The fourth-order valence-electron chi connectivity index (χ4n) is 2.37. The number of para-hydroxylation sites is 1. The zero-order valence-electron chi connectivity index (χ0n) is 12.7. The van der Waals surface area contributed by atoms with Gasteiger partial charge in [0.2, 0.25) is 5.82 Å². The first-order chi connectivity index (χ1) is 11.6. The Hall–Kier alpha value is -3.07. The summed E-state index contributed by atoms with van der Waals surface area (Å²) in [5.74, 6) is 0.821. The zero-order chi connectivity index (χ0) is 17.1. The molecule has 9 heteroatoms. The van der Waals surface area contributed by atoms with Crippen molar-refractivity contribution in [2.75, 3.05) is 0 Å². The van der Waals surface area contributed by atoms with Gasteiger partial charge in [0.25, 0.3) is 0 Å². The zero-order valence-corrected chi connectivity index (χ0v) is 13.5. The predicted octanol–water partition coefficient (Wildman–Crippen LogP) is 1.49. The minimum Gasteiger partial charge on any atom is -0.358 e. The first-order valence-corrected chi connectivity index (χ1v) is 7.75. The molecule has 0 aliphatic heterocycles. The van der Waals surface area contributed by atoms with Gasteiger partial charge in [-0.1, -0.05) is 18.2 Å². The monoisotopic (exact) mass is 343 g/mol. The molecule has 0 radical (unpaired) electrons. The van der Waals surface area contributed by atoms with Crippen LogP contribution in [0, 0.1) is 10.1 Å². The first-order valence-electron chi connectivity index (χ1n) is 7.01. The maximum atomic E-state index is 11.6. The number of benzene rings is 1. The van der Waals surface area contributed by atoms with E-state index in [9.17, 15) is 14.3 Å². The highest BCUT2D eigenvalue weighted by Crippen LogP contribution is 2.15. The van der Waals surface area contributed by atoms with Crippen LogP contribution in [0.25, 0.3) is 5.69 Å². The van der Waals surface area contributed by atoms with Gasteiger partial charge in [0.05, 0.1) is 29.6 Å². The molecule has 0 saturated carbocycles. The topological polar surface area (TPSA) is 95.8 Å². The summed E-state index contributed by atoms with van der Waals surface area (Å²) in [6, 6.07) is 9.50. The van der Waals surface area contributed by atoms with E-state index >= 15 is 0 Å². The van der Waals surface area contributed by atoms with Crippen LogP contribution in [0.15, 0.2) is 48.9 Å². The van der Waals surface area contributed by atoms with Crippen LogP contribution < -0.4 is 0 Å². The number of aromatic nitrogens is 4. The molecule has 0 aliphatic carbocycles. The van der Waals surface area contributed by atoms with Crippen molar-refractivity contribution in [3.63, 3.8) is 0 Å². The van der Waals surface area contributed by atoms with Crippen molar-refractivity contribution in [1.82, 2.24) is 19.1 Å². The summed E-state index contributed by atoms with van der Waals surface area (Å²) in [4.78, 5) is 19.2. The highest BCUT2D eigenvalue weighted by molar-refractivity contribution is 7.67. The van der Waals surface area contributed by atoms with E-state index in [-0.39, 0.29) is 12.2 Å². The van der Waals surface area contributed by atoms with Crippen molar-refractivity contribution >= 4 is 21.9 Å². The van der Waals surface area contributed by atoms with Crippen LogP contribution in [-0.4, -0.2) is 33.1 Å². The maximum Gasteiger partial charge on any atom is 0.342 e. The lowest BCUT2D eigenvalue weighted by molar-refractivity contribution is -0.391. The second-order valence-electron chi connectivity index (χ2n) is 4.99. The quantitative estimate of drug-likeness (QED) is 0.303. The molecule has 122 valence electrons. The Kier molecular flexibility index (Phi) is 4.34. The van der Waals surface area contributed by atoms with Crippen LogP contribution in [-0.2, 0) is 24.7 Å². The molecule has 0 N–H and O–H groups in total. The average molecular weight is 343 g/mol. The fourth-order valence-corrected chi connectivity index (χ4v) is 2.78. The number of hydrogen-bond donors (Lipinski definition) is 0. The molecule has 2 aromatic heterocycles. The fraction of sp³-hybridized carbons (Fsp3) is 0.133. The smallest absolute Gasteiger partial charge is 0.342 e. The summed E-state index contributed by atoms with van der Waals surface area (Å²) in [7, 11) is 1.55. The van der Waals surface area contributed by atoms with Crippen LogP contribution in [0.3, 0.4) is 0 Å². The molecule has 0 fully saturated rings. The Morgan fingerprint density at radius 1 is 1.29 bits per heavy atom. The Labute approximate surface area is 140 Å². The van der Waals surface area contributed by atoms with Crippen LogP contribution in [0.2, 0.25) is 0 Å². The second-order valence-corrected chi connectivity index (χ2v) is 5.65. The van der Waals surface area contributed by atoms with Gasteiger partial charge in [-0.15, -0.1) is 0 Å². The number of nitro groups is 1. The number of imidazole rings is 2. The van der Waals surface area contributed by atoms with E-state index < -0.39 is 4.92 Å². The minimum atomic E-state index is -0.509. The van der Waals surface area contributed by atoms with Gasteiger partial charge in [-0.3, -0.25) is 4.57 Å². The lowest BCUT2D eigenvalue weighted by Gasteiger charge is -2.07. The first kappa shape index (κ1) is 15.8. The molecule has 0 aliphatic rings. The van der Waals surface area contributed by atoms with Crippen molar-refractivity contribution in [2.24, 2.45) is 7.05 Å².